The van der Waals surface area contributed by atoms with Gasteiger partial charge in [-0.05, 0) is 13.0 Å². The topological polar surface area (TPSA) is 84.1 Å². The number of thiocarbonyl (C=S) groups is 1. The van der Waals surface area contributed by atoms with Crippen molar-refractivity contribution in [2.75, 3.05) is 25.5 Å². The Morgan fingerprint density at radius 3 is 2.74 bits per heavy atom. The van der Waals surface area contributed by atoms with E-state index in [-0.39, 0.29) is 16.8 Å². The molecule has 0 aliphatic carbocycles. The summed E-state index contributed by atoms with van der Waals surface area (Å²) in [7, 11) is 3.45. The minimum absolute atomic E-state index is 0.0194. The number of aryl methyl sites for hydroxylation is 1. The van der Waals surface area contributed by atoms with Gasteiger partial charge in [-0.25, -0.2) is 9.97 Å². The molecule has 6 nitrogen and oxygen atoms in total. The average Bonchev–Trinajstić information content (AvgIpc) is 2.36. The molecule has 1 heterocycles. The molecule has 0 aliphatic rings. The molecule has 104 valence electrons. The van der Waals surface area contributed by atoms with Crippen LogP contribution in [0.15, 0.2) is 6.07 Å². The van der Waals surface area contributed by atoms with Crippen LogP contribution in [0.3, 0.4) is 0 Å². The molecule has 0 spiro atoms. The molecule has 1 aromatic rings. The highest BCUT2D eigenvalue weighted by atomic mass is 32.1. The van der Waals surface area contributed by atoms with Crippen LogP contribution in [-0.2, 0) is 4.79 Å². The number of carbonyl (C=O) groups is 1. The molecule has 7 heteroatoms. The molecular weight excluding hydrogens is 262 g/mol. The molecule has 0 aromatic carbocycles. The summed E-state index contributed by atoms with van der Waals surface area (Å²) in [6, 6.07) is 1.74. The first-order valence-electron chi connectivity index (χ1n) is 5.93. The third-order valence-electron chi connectivity index (χ3n) is 2.68. The van der Waals surface area contributed by atoms with E-state index < -0.39 is 0 Å². The van der Waals surface area contributed by atoms with Crippen LogP contribution in [-0.4, -0.2) is 41.5 Å². The van der Waals surface area contributed by atoms with Crippen molar-refractivity contribution in [1.82, 2.24) is 15.3 Å². The molecule has 0 radical (unpaired) electrons. The van der Waals surface area contributed by atoms with Gasteiger partial charge in [0.25, 0.3) is 0 Å². The predicted octanol–water partition coefficient (Wildman–Crippen LogP) is 0.238. The number of amides is 1. The molecule has 1 aromatic heterocycles. The lowest BCUT2D eigenvalue weighted by Crippen LogP contribution is -2.35. The number of carbonyl (C=O) groups excluding carboxylic acids is 1. The van der Waals surface area contributed by atoms with Gasteiger partial charge in [0.05, 0.1) is 5.92 Å². The first-order valence-corrected chi connectivity index (χ1v) is 6.34. The highest BCUT2D eigenvalue weighted by Crippen LogP contribution is 2.11. The van der Waals surface area contributed by atoms with Crippen LogP contribution >= 0.6 is 12.2 Å². The number of hydrogen-bond acceptors (Lipinski definition) is 5. The fourth-order valence-electron chi connectivity index (χ4n) is 1.67. The van der Waals surface area contributed by atoms with Crippen molar-refractivity contribution in [3.05, 3.63) is 17.5 Å². The summed E-state index contributed by atoms with van der Waals surface area (Å²) in [5.41, 5.74) is 6.90. The Labute approximate surface area is 118 Å². The van der Waals surface area contributed by atoms with Gasteiger partial charge in [0.2, 0.25) is 11.9 Å². The van der Waals surface area contributed by atoms with E-state index in [1.165, 1.54) is 0 Å². The molecule has 0 fully saturated rings. The summed E-state index contributed by atoms with van der Waals surface area (Å²) in [5, 5.41) is 2.62. The highest BCUT2D eigenvalue weighted by molar-refractivity contribution is 7.80. The fourth-order valence-corrected chi connectivity index (χ4v) is 1.78. The molecule has 19 heavy (non-hydrogen) atoms. The Balaban J connectivity index is 2.90. The van der Waals surface area contributed by atoms with E-state index in [4.69, 9.17) is 18.0 Å². The lowest BCUT2D eigenvalue weighted by Gasteiger charge is -2.21. The first-order chi connectivity index (χ1) is 8.85. The summed E-state index contributed by atoms with van der Waals surface area (Å²) in [6.45, 7) is 4.21. The Hall–Kier alpha value is -1.76. The van der Waals surface area contributed by atoms with Gasteiger partial charge in [0.1, 0.15) is 10.7 Å². The highest BCUT2D eigenvalue weighted by Gasteiger charge is 2.16. The van der Waals surface area contributed by atoms with Gasteiger partial charge >= 0.3 is 0 Å². The van der Waals surface area contributed by atoms with E-state index in [1.54, 1.807) is 13.1 Å². The molecule has 0 saturated heterocycles. The van der Waals surface area contributed by atoms with Gasteiger partial charge in [0.15, 0.2) is 0 Å². The number of nitrogens with two attached hydrogens (primary N) is 1. The van der Waals surface area contributed by atoms with E-state index in [9.17, 15) is 4.79 Å². The van der Waals surface area contributed by atoms with E-state index in [0.29, 0.717) is 18.2 Å². The molecule has 1 atom stereocenters. The Morgan fingerprint density at radius 2 is 2.21 bits per heavy atom. The quantitative estimate of drug-likeness (QED) is 0.752. The van der Waals surface area contributed by atoms with E-state index in [2.05, 4.69) is 15.3 Å². The number of aromatic nitrogens is 2. The smallest absolute Gasteiger partial charge is 0.225 e. The molecule has 1 amide bonds. The Kier molecular flexibility index (Phi) is 5.17. The van der Waals surface area contributed by atoms with Crippen molar-refractivity contribution in [3.63, 3.8) is 0 Å². The van der Waals surface area contributed by atoms with Crippen molar-refractivity contribution in [2.45, 2.75) is 13.8 Å². The third-order valence-corrected chi connectivity index (χ3v) is 2.89. The average molecular weight is 281 g/mol. The molecular formula is C12H19N5OS. The maximum Gasteiger partial charge on any atom is 0.225 e. The normalized spacial score (nSPS) is 11.8. The summed E-state index contributed by atoms with van der Waals surface area (Å²) in [6.07, 6.45) is 0. The van der Waals surface area contributed by atoms with E-state index in [1.807, 2.05) is 25.8 Å². The predicted molar refractivity (Wildman–Crippen MR) is 79.2 cm³/mol. The molecule has 0 bridgehead atoms. The van der Waals surface area contributed by atoms with Crippen LogP contribution in [0.5, 0.6) is 0 Å². The van der Waals surface area contributed by atoms with Gasteiger partial charge < -0.3 is 16.0 Å². The molecule has 1 rings (SSSR count). The number of hydrogen-bond donors (Lipinski definition) is 2. The van der Waals surface area contributed by atoms with Crippen molar-refractivity contribution in [1.29, 1.82) is 0 Å². The van der Waals surface area contributed by atoms with Crippen LogP contribution in [0.1, 0.15) is 18.3 Å². The first kappa shape index (κ1) is 15.3. The standard InChI is InChI=1S/C12H19N5OS/c1-7(11(18)14-3)6-17(4)12-15-8(2)5-9(16-12)10(13)19/h5,7H,6H2,1-4H3,(H2,13,19)(H,14,18). The maximum absolute atomic E-state index is 11.5. The van der Waals surface area contributed by atoms with Gasteiger partial charge in [0, 0.05) is 26.3 Å². The SMILES string of the molecule is CNC(=O)C(C)CN(C)c1nc(C)cc(C(N)=S)n1. The lowest BCUT2D eigenvalue weighted by atomic mass is 10.1. The van der Waals surface area contributed by atoms with Crippen molar-refractivity contribution < 1.29 is 4.79 Å². The second kappa shape index (κ2) is 6.42. The molecule has 3 N–H and O–H groups in total. The zero-order valence-corrected chi connectivity index (χ0v) is 12.4. The Bertz CT molecular complexity index is 491. The van der Waals surface area contributed by atoms with E-state index >= 15 is 0 Å². The van der Waals surface area contributed by atoms with Crippen LogP contribution in [0.25, 0.3) is 0 Å². The van der Waals surface area contributed by atoms with Crippen LogP contribution in [0.2, 0.25) is 0 Å². The van der Waals surface area contributed by atoms with Crippen molar-refractivity contribution in [3.8, 4) is 0 Å². The largest absolute Gasteiger partial charge is 0.388 e. The molecule has 1 unspecified atom stereocenters. The number of nitrogens with one attached hydrogen (secondary N) is 1. The van der Waals surface area contributed by atoms with Gasteiger partial charge in [-0.15, -0.1) is 0 Å². The molecule has 0 aliphatic heterocycles. The number of rotatable bonds is 5. The van der Waals surface area contributed by atoms with Gasteiger partial charge in [-0.3, -0.25) is 4.79 Å². The lowest BCUT2D eigenvalue weighted by molar-refractivity contribution is -0.123. The minimum atomic E-state index is -0.160. The summed E-state index contributed by atoms with van der Waals surface area (Å²) in [4.78, 5) is 22.2. The maximum atomic E-state index is 11.5. The fraction of sp³-hybridized carbons (Fsp3) is 0.500. The second-order valence-corrected chi connectivity index (χ2v) is 4.89. The number of nitrogens with zero attached hydrogens (tertiary/aromatic N) is 3. The summed E-state index contributed by atoms with van der Waals surface area (Å²) >= 11 is 4.92. The summed E-state index contributed by atoms with van der Waals surface area (Å²) < 4.78 is 0. The zero-order valence-electron chi connectivity index (χ0n) is 11.6. The zero-order chi connectivity index (χ0) is 14.6. The van der Waals surface area contributed by atoms with Crippen LogP contribution in [0.4, 0.5) is 5.95 Å². The van der Waals surface area contributed by atoms with Crippen molar-refractivity contribution in [2.24, 2.45) is 11.7 Å². The third kappa shape index (κ3) is 4.13. The van der Waals surface area contributed by atoms with Gasteiger partial charge in [-0.1, -0.05) is 19.1 Å². The van der Waals surface area contributed by atoms with E-state index in [0.717, 1.165) is 5.69 Å². The number of anilines is 1. The molecule has 0 saturated carbocycles. The summed E-state index contributed by atoms with van der Waals surface area (Å²) in [5.74, 6) is 0.333. The van der Waals surface area contributed by atoms with Crippen LogP contribution in [0, 0.1) is 12.8 Å². The minimum Gasteiger partial charge on any atom is -0.388 e. The van der Waals surface area contributed by atoms with Gasteiger partial charge in [-0.2, -0.15) is 0 Å². The Morgan fingerprint density at radius 1 is 1.58 bits per heavy atom. The monoisotopic (exact) mass is 281 g/mol. The van der Waals surface area contributed by atoms with Crippen molar-refractivity contribution >= 4 is 29.1 Å². The second-order valence-electron chi connectivity index (χ2n) is 4.45. The van der Waals surface area contributed by atoms with Crippen LogP contribution < -0.4 is 16.0 Å².